The first-order chi connectivity index (χ1) is 12.3. The van der Waals surface area contributed by atoms with Crippen LogP contribution in [0.5, 0.6) is 0 Å². The first-order valence-corrected chi connectivity index (χ1v) is 8.08. The molecular weight excluding hydrogens is 333 g/mol. The Morgan fingerprint density at radius 3 is 2.42 bits per heavy atom. The lowest BCUT2D eigenvalue weighted by molar-refractivity contribution is -0.116. The SMILES string of the molecule is CC(=O)N(C)c1ccc(NC(=O)c2cc3ccc(F)cc3nc2C)cc1. The van der Waals surface area contributed by atoms with Crippen molar-refractivity contribution in [2.24, 2.45) is 0 Å². The van der Waals surface area contributed by atoms with Crippen LogP contribution in [-0.2, 0) is 4.79 Å². The molecule has 3 rings (SSSR count). The molecule has 0 saturated heterocycles. The second-order valence-corrected chi connectivity index (χ2v) is 6.04. The first-order valence-electron chi connectivity index (χ1n) is 8.08. The van der Waals surface area contributed by atoms with Gasteiger partial charge in [0.25, 0.3) is 5.91 Å². The molecule has 132 valence electrons. The van der Waals surface area contributed by atoms with E-state index >= 15 is 0 Å². The summed E-state index contributed by atoms with van der Waals surface area (Å²) in [4.78, 5) is 29.8. The Morgan fingerprint density at radius 1 is 1.08 bits per heavy atom. The molecule has 1 heterocycles. The maximum Gasteiger partial charge on any atom is 0.257 e. The predicted molar refractivity (Wildman–Crippen MR) is 99.9 cm³/mol. The van der Waals surface area contributed by atoms with Gasteiger partial charge >= 0.3 is 0 Å². The van der Waals surface area contributed by atoms with Crippen molar-refractivity contribution in [3.05, 3.63) is 65.6 Å². The Kier molecular flexibility index (Phi) is 4.67. The fraction of sp³-hybridized carbons (Fsp3) is 0.150. The summed E-state index contributed by atoms with van der Waals surface area (Å²) in [5, 5.41) is 3.51. The molecule has 0 unspecified atom stereocenters. The van der Waals surface area contributed by atoms with E-state index in [0.29, 0.717) is 27.8 Å². The van der Waals surface area contributed by atoms with Gasteiger partial charge in [-0.15, -0.1) is 0 Å². The number of hydrogen-bond acceptors (Lipinski definition) is 3. The van der Waals surface area contributed by atoms with E-state index in [4.69, 9.17) is 0 Å². The minimum Gasteiger partial charge on any atom is -0.322 e. The average Bonchev–Trinajstić information content (AvgIpc) is 2.60. The van der Waals surface area contributed by atoms with Crippen molar-refractivity contribution in [1.29, 1.82) is 0 Å². The number of fused-ring (bicyclic) bond motifs is 1. The maximum absolute atomic E-state index is 13.3. The van der Waals surface area contributed by atoms with Crippen LogP contribution in [0.2, 0.25) is 0 Å². The maximum atomic E-state index is 13.3. The summed E-state index contributed by atoms with van der Waals surface area (Å²) in [5.41, 5.74) is 2.80. The van der Waals surface area contributed by atoms with Gasteiger partial charge in [-0.25, -0.2) is 4.39 Å². The number of rotatable bonds is 3. The van der Waals surface area contributed by atoms with Crippen molar-refractivity contribution in [1.82, 2.24) is 4.98 Å². The number of carbonyl (C=O) groups excluding carboxylic acids is 2. The third-order valence-corrected chi connectivity index (χ3v) is 4.20. The highest BCUT2D eigenvalue weighted by Gasteiger charge is 2.13. The molecule has 0 bridgehead atoms. The van der Waals surface area contributed by atoms with Gasteiger partial charge in [0.05, 0.1) is 16.8 Å². The largest absolute Gasteiger partial charge is 0.322 e. The standard InChI is InChI=1S/C20H18FN3O2/c1-12-18(10-14-4-5-15(21)11-19(14)22-12)20(26)23-16-6-8-17(9-7-16)24(3)13(2)25/h4-11H,1-3H3,(H,23,26). The zero-order valence-electron chi connectivity index (χ0n) is 14.7. The topological polar surface area (TPSA) is 62.3 Å². The highest BCUT2D eigenvalue weighted by Crippen LogP contribution is 2.21. The van der Waals surface area contributed by atoms with E-state index in [0.717, 1.165) is 5.69 Å². The minimum atomic E-state index is -0.364. The number of amides is 2. The summed E-state index contributed by atoms with van der Waals surface area (Å²) in [6.07, 6.45) is 0. The molecule has 26 heavy (non-hydrogen) atoms. The molecule has 1 N–H and O–H groups in total. The van der Waals surface area contributed by atoms with Crippen LogP contribution in [0.15, 0.2) is 48.5 Å². The summed E-state index contributed by atoms with van der Waals surface area (Å²) < 4.78 is 13.3. The van der Waals surface area contributed by atoms with Crippen LogP contribution in [-0.4, -0.2) is 23.8 Å². The van der Waals surface area contributed by atoms with Gasteiger partial charge in [-0.1, -0.05) is 0 Å². The Labute approximate surface area is 150 Å². The minimum absolute atomic E-state index is 0.0731. The third-order valence-electron chi connectivity index (χ3n) is 4.20. The van der Waals surface area contributed by atoms with Gasteiger partial charge in [-0.2, -0.15) is 0 Å². The first kappa shape index (κ1) is 17.5. The van der Waals surface area contributed by atoms with Crippen LogP contribution in [0.1, 0.15) is 23.0 Å². The monoisotopic (exact) mass is 351 g/mol. The molecule has 5 nitrogen and oxygen atoms in total. The quantitative estimate of drug-likeness (QED) is 0.778. The van der Waals surface area contributed by atoms with Crippen molar-refractivity contribution >= 4 is 34.1 Å². The molecule has 3 aromatic rings. The second kappa shape index (κ2) is 6.92. The number of carbonyl (C=O) groups is 2. The number of anilines is 2. The van der Waals surface area contributed by atoms with Crippen LogP contribution >= 0.6 is 0 Å². The number of pyridine rings is 1. The van der Waals surface area contributed by atoms with E-state index in [1.165, 1.54) is 24.0 Å². The van der Waals surface area contributed by atoms with E-state index in [9.17, 15) is 14.0 Å². The van der Waals surface area contributed by atoms with Crippen LogP contribution in [0, 0.1) is 12.7 Å². The van der Waals surface area contributed by atoms with Crippen molar-refractivity contribution in [2.75, 3.05) is 17.3 Å². The van der Waals surface area contributed by atoms with Crippen LogP contribution in [0.3, 0.4) is 0 Å². The highest BCUT2D eigenvalue weighted by atomic mass is 19.1. The van der Waals surface area contributed by atoms with Crippen molar-refractivity contribution in [2.45, 2.75) is 13.8 Å². The van der Waals surface area contributed by atoms with E-state index in [1.807, 2.05) is 0 Å². The van der Waals surface area contributed by atoms with Gasteiger partial charge in [-0.3, -0.25) is 14.6 Å². The predicted octanol–water partition coefficient (Wildman–Crippen LogP) is 3.92. The van der Waals surface area contributed by atoms with E-state index in [2.05, 4.69) is 10.3 Å². The molecule has 1 aromatic heterocycles. The van der Waals surface area contributed by atoms with Crippen molar-refractivity contribution < 1.29 is 14.0 Å². The lowest BCUT2D eigenvalue weighted by atomic mass is 10.1. The Morgan fingerprint density at radius 2 is 1.77 bits per heavy atom. The number of aryl methyl sites for hydroxylation is 1. The molecular formula is C20H18FN3O2. The third kappa shape index (κ3) is 3.54. The van der Waals surface area contributed by atoms with Crippen LogP contribution in [0.25, 0.3) is 10.9 Å². The van der Waals surface area contributed by atoms with Gasteiger partial charge < -0.3 is 10.2 Å². The number of nitrogens with zero attached hydrogens (tertiary/aromatic N) is 2. The number of aromatic nitrogens is 1. The zero-order chi connectivity index (χ0) is 18.8. The van der Waals surface area contributed by atoms with E-state index in [-0.39, 0.29) is 17.6 Å². The van der Waals surface area contributed by atoms with Gasteiger partial charge in [0.15, 0.2) is 0 Å². The lowest BCUT2D eigenvalue weighted by Gasteiger charge is -2.15. The fourth-order valence-corrected chi connectivity index (χ4v) is 2.62. The van der Waals surface area contributed by atoms with E-state index in [1.54, 1.807) is 50.4 Å². The van der Waals surface area contributed by atoms with Crippen LogP contribution in [0.4, 0.5) is 15.8 Å². The van der Waals surface area contributed by atoms with Gasteiger partial charge in [0.2, 0.25) is 5.91 Å². The molecule has 0 radical (unpaired) electrons. The molecule has 0 saturated carbocycles. The molecule has 0 atom stereocenters. The molecule has 2 amide bonds. The summed E-state index contributed by atoms with van der Waals surface area (Å²) in [7, 11) is 1.68. The Bertz CT molecular complexity index is 1000. The Balaban J connectivity index is 1.84. The molecule has 0 fully saturated rings. The Hall–Kier alpha value is -3.28. The van der Waals surface area contributed by atoms with Crippen molar-refractivity contribution in [3.63, 3.8) is 0 Å². The summed E-state index contributed by atoms with van der Waals surface area (Å²) in [6, 6.07) is 12.9. The molecule has 6 heteroatoms. The average molecular weight is 351 g/mol. The number of nitrogens with one attached hydrogen (secondary N) is 1. The van der Waals surface area contributed by atoms with E-state index < -0.39 is 0 Å². The number of hydrogen-bond donors (Lipinski definition) is 1. The lowest BCUT2D eigenvalue weighted by Crippen LogP contribution is -2.22. The smallest absolute Gasteiger partial charge is 0.257 e. The van der Waals surface area contributed by atoms with Gasteiger partial charge in [-0.05, 0) is 49.4 Å². The zero-order valence-corrected chi connectivity index (χ0v) is 14.7. The normalized spacial score (nSPS) is 10.6. The molecule has 0 spiro atoms. The summed E-state index contributed by atoms with van der Waals surface area (Å²) >= 11 is 0. The van der Waals surface area contributed by atoms with Gasteiger partial charge in [0, 0.05) is 36.8 Å². The van der Waals surface area contributed by atoms with Gasteiger partial charge in [0.1, 0.15) is 5.82 Å². The number of benzene rings is 2. The van der Waals surface area contributed by atoms with Crippen LogP contribution < -0.4 is 10.2 Å². The molecule has 0 aliphatic carbocycles. The fourth-order valence-electron chi connectivity index (χ4n) is 2.62. The summed E-state index contributed by atoms with van der Waals surface area (Å²) in [6.45, 7) is 3.20. The highest BCUT2D eigenvalue weighted by molar-refractivity contribution is 6.07. The molecule has 0 aliphatic rings. The van der Waals surface area contributed by atoms with Crippen molar-refractivity contribution in [3.8, 4) is 0 Å². The molecule has 2 aromatic carbocycles. The number of halogens is 1. The molecule has 0 aliphatic heterocycles. The second-order valence-electron chi connectivity index (χ2n) is 6.04. The summed E-state index contributed by atoms with van der Waals surface area (Å²) in [5.74, 6) is -0.734.